The number of carbonyl (C=O) groups excluding carboxylic acids is 1. The van der Waals surface area contributed by atoms with E-state index in [-0.39, 0.29) is 12.5 Å². The van der Waals surface area contributed by atoms with Gasteiger partial charge in [0.15, 0.2) is 11.7 Å². The van der Waals surface area contributed by atoms with Crippen LogP contribution in [0.1, 0.15) is 21.6 Å². The molecule has 0 atom stereocenters. The summed E-state index contributed by atoms with van der Waals surface area (Å²) in [6, 6.07) is 12.2. The molecular formula is C21H21BrN2O2S. The molecule has 2 aromatic carbocycles. The summed E-state index contributed by atoms with van der Waals surface area (Å²) in [5.74, 6) is 0.518. The molecule has 0 spiro atoms. The Labute approximate surface area is 171 Å². The molecule has 1 heterocycles. The van der Waals surface area contributed by atoms with Crippen molar-refractivity contribution in [2.24, 2.45) is 0 Å². The number of benzene rings is 2. The quantitative estimate of drug-likeness (QED) is 0.538. The summed E-state index contributed by atoms with van der Waals surface area (Å²) in [7, 11) is 0. The van der Waals surface area contributed by atoms with Crippen LogP contribution in [-0.4, -0.2) is 17.5 Å². The summed E-state index contributed by atoms with van der Waals surface area (Å²) in [6.07, 6.45) is 0. The molecule has 0 radical (unpaired) electrons. The zero-order valence-electron chi connectivity index (χ0n) is 15.7. The number of nitrogens with one attached hydrogen (secondary N) is 1. The third-order valence-electron chi connectivity index (χ3n) is 4.14. The first-order valence-electron chi connectivity index (χ1n) is 8.57. The SMILES string of the molecule is Cc1ccc(-c2nc(NC(=O)COc3c(C)cc(Br)cc3C)sc2C)cc1. The van der Waals surface area contributed by atoms with Gasteiger partial charge in [0, 0.05) is 14.9 Å². The lowest BCUT2D eigenvalue weighted by Crippen LogP contribution is -2.20. The number of hydrogen-bond acceptors (Lipinski definition) is 4. The van der Waals surface area contributed by atoms with Crippen molar-refractivity contribution in [1.29, 1.82) is 0 Å². The van der Waals surface area contributed by atoms with Crippen LogP contribution < -0.4 is 10.1 Å². The number of rotatable bonds is 5. The second-order valence-electron chi connectivity index (χ2n) is 6.50. The maximum Gasteiger partial charge on any atom is 0.264 e. The standard InChI is InChI=1S/C21H21BrN2O2S/c1-12-5-7-16(8-6-12)19-15(4)27-21(24-19)23-18(25)11-26-20-13(2)9-17(22)10-14(20)3/h5-10H,11H2,1-4H3,(H,23,24,25). The van der Waals surface area contributed by atoms with Crippen molar-refractivity contribution < 1.29 is 9.53 Å². The van der Waals surface area contributed by atoms with Crippen LogP contribution >= 0.6 is 27.3 Å². The highest BCUT2D eigenvalue weighted by Gasteiger charge is 2.13. The van der Waals surface area contributed by atoms with Gasteiger partial charge in [-0.05, 0) is 51.0 Å². The Morgan fingerprint density at radius 1 is 1.11 bits per heavy atom. The van der Waals surface area contributed by atoms with Gasteiger partial charge < -0.3 is 4.74 Å². The highest BCUT2D eigenvalue weighted by molar-refractivity contribution is 9.10. The number of nitrogens with zero attached hydrogens (tertiary/aromatic N) is 1. The van der Waals surface area contributed by atoms with Crippen molar-refractivity contribution in [1.82, 2.24) is 4.98 Å². The van der Waals surface area contributed by atoms with Gasteiger partial charge in [-0.2, -0.15) is 0 Å². The fourth-order valence-electron chi connectivity index (χ4n) is 2.85. The van der Waals surface area contributed by atoms with E-state index in [2.05, 4.69) is 45.3 Å². The Balaban J connectivity index is 1.67. The normalized spacial score (nSPS) is 10.7. The van der Waals surface area contributed by atoms with Gasteiger partial charge in [0.25, 0.3) is 5.91 Å². The molecule has 140 valence electrons. The second kappa shape index (κ2) is 8.23. The zero-order valence-corrected chi connectivity index (χ0v) is 18.1. The maximum absolute atomic E-state index is 12.3. The molecule has 0 aliphatic carbocycles. The number of anilines is 1. The van der Waals surface area contributed by atoms with E-state index in [0.29, 0.717) is 5.13 Å². The lowest BCUT2D eigenvalue weighted by Gasteiger charge is -2.12. The Morgan fingerprint density at radius 2 is 1.74 bits per heavy atom. The second-order valence-corrected chi connectivity index (χ2v) is 8.61. The Kier molecular flexibility index (Phi) is 5.97. The number of hydrogen-bond donors (Lipinski definition) is 1. The summed E-state index contributed by atoms with van der Waals surface area (Å²) < 4.78 is 6.73. The molecule has 6 heteroatoms. The Hall–Kier alpha value is -2.18. The molecule has 0 unspecified atom stereocenters. The Morgan fingerprint density at radius 3 is 2.37 bits per heavy atom. The molecule has 0 aliphatic heterocycles. The third kappa shape index (κ3) is 4.76. The van der Waals surface area contributed by atoms with Crippen LogP contribution in [0.4, 0.5) is 5.13 Å². The van der Waals surface area contributed by atoms with Crippen LogP contribution in [0.25, 0.3) is 11.3 Å². The number of halogens is 1. The van der Waals surface area contributed by atoms with Gasteiger partial charge in [-0.25, -0.2) is 4.98 Å². The largest absolute Gasteiger partial charge is 0.483 e. The molecule has 1 amide bonds. The van der Waals surface area contributed by atoms with E-state index in [4.69, 9.17) is 4.74 Å². The summed E-state index contributed by atoms with van der Waals surface area (Å²) in [4.78, 5) is 17.9. The van der Waals surface area contributed by atoms with Crippen LogP contribution in [0.3, 0.4) is 0 Å². The minimum Gasteiger partial charge on any atom is -0.483 e. The number of aromatic nitrogens is 1. The van der Waals surface area contributed by atoms with E-state index in [1.807, 2.05) is 45.0 Å². The lowest BCUT2D eigenvalue weighted by atomic mass is 10.1. The highest BCUT2D eigenvalue weighted by Crippen LogP contribution is 2.31. The fraction of sp³-hybridized carbons (Fsp3) is 0.238. The molecule has 3 rings (SSSR count). The molecule has 27 heavy (non-hydrogen) atoms. The van der Waals surface area contributed by atoms with Crippen LogP contribution in [0.5, 0.6) is 5.75 Å². The first-order valence-corrected chi connectivity index (χ1v) is 10.2. The minimum absolute atomic E-state index is 0.0538. The molecule has 0 saturated heterocycles. The molecule has 1 aromatic heterocycles. The summed E-state index contributed by atoms with van der Waals surface area (Å²) >= 11 is 4.93. The van der Waals surface area contributed by atoms with Gasteiger partial charge in [0.1, 0.15) is 5.75 Å². The van der Waals surface area contributed by atoms with E-state index in [0.717, 1.165) is 37.5 Å². The Bertz CT molecular complexity index is 957. The van der Waals surface area contributed by atoms with E-state index in [9.17, 15) is 4.79 Å². The van der Waals surface area contributed by atoms with Crippen molar-refractivity contribution >= 4 is 38.3 Å². The average molecular weight is 445 g/mol. The van der Waals surface area contributed by atoms with Gasteiger partial charge in [0.05, 0.1) is 5.69 Å². The molecule has 0 fully saturated rings. The van der Waals surface area contributed by atoms with Crippen LogP contribution in [0.15, 0.2) is 40.9 Å². The van der Waals surface area contributed by atoms with Gasteiger partial charge >= 0.3 is 0 Å². The number of aryl methyl sites for hydroxylation is 4. The summed E-state index contributed by atoms with van der Waals surface area (Å²) in [6.45, 7) is 7.93. The highest BCUT2D eigenvalue weighted by atomic mass is 79.9. The van der Waals surface area contributed by atoms with Crippen molar-refractivity contribution in [3.8, 4) is 17.0 Å². The molecule has 0 saturated carbocycles. The number of thiazole rings is 1. The number of ether oxygens (including phenoxy) is 1. The average Bonchev–Trinajstić information content (AvgIpc) is 2.94. The molecule has 4 nitrogen and oxygen atoms in total. The van der Waals surface area contributed by atoms with Crippen molar-refractivity contribution in [2.75, 3.05) is 11.9 Å². The number of amides is 1. The maximum atomic E-state index is 12.3. The predicted octanol–water partition coefficient (Wildman–Crippen LogP) is 5.82. The monoisotopic (exact) mass is 444 g/mol. The minimum atomic E-state index is -0.221. The van der Waals surface area contributed by atoms with Crippen LogP contribution in [-0.2, 0) is 4.79 Å². The van der Waals surface area contributed by atoms with E-state index < -0.39 is 0 Å². The van der Waals surface area contributed by atoms with Gasteiger partial charge in [-0.3, -0.25) is 10.1 Å². The molecule has 1 N–H and O–H groups in total. The smallest absolute Gasteiger partial charge is 0.264 e. The first kappa shape index (κ1) is 19.6. The molecular weight excluding hydrogens is 424 g/mol. The van der Waals surface area contributed by atoms with Crippen LogP contribution in [0.2, 0.25) is 0 Å². The summed E-state index contributed by atoms with van der Waals surface area (Å²) in [5, 5.41) is 3.42. The fourth-order valence-corrected chi connectivity index (χ4v) is 4.39. The van der Waals surface area contributed by atoms with Gasteiger partial charge in [-0.15, -0.1) is 11.3 Å². The molecule has 3 aromatic rings. The van der Waals surface area contributed by atoms with Crippen molar-refractivity contribution in [2.45, 2.75) is 27.7 Å². The zero-order chi connectivity index (χ0) is 19.6. The summed E-state index contributed by atoms with van der Waals surface area (Å²) in [5.41, 5.74) is 5.13. The van der Waals surface area contributed by atoms with Crippen LogP contribution in [0, 0.1) is 27.7 Å². The molecule has 0 aliphatic rings. The van der Waals surface area contributed by atoms with Gasteiger partial charge in [0.2, 0.25) is 0 Å². The first-order chi connectivity index (χ1) is 12.8. The predicted molar refractivity (Wildman–Crippen MR) is 115 cm³/mol. The topological polar surface area (TPSA) is 51.2 Å². The molecule has 0 bridgehead atoms. The third-order valence-corrected chi connectivity index (χ3v) is 5.48. The van der Waals surface area contributed by atoms with Crippen molar-refractivity contribution in [3.63, 3.8) is 0 Å². The van der Waals surface area contributed by atoms with E-state index >= 15 is 0 Å². The lowest BCUT2D eigenvalue weighted by molar-refractivity contribution is -0.118. The van der Waals surface area contributed by atoms with Gasteiger partial charge in [-0.1, -0.05) is 45.8 Å². The van der Waals surface area contributed by atoms with E-state index in [1.54, 1.807) is 0 Å². The van der Waals surface area contributed by atoms with E-state index in [1.165, 1.54) is 16.9 Å². The van der Waals surface area contributed by atoms with Crippen molar-refractivity contribution in [3.05, 3.63) is 62.4 Å². The number of carbonyl (C=O) groups is 1.